The number of aryl methyl sites for hydroxylation is 1. The van der Waals surface area contributed by atoms with E-state index in [-0.39, 0.29) is 18.1 Å². The van der Waals surface area contributed by atoms with Crippen molar-refractivity contribution in [2.24, 2.45) is 7.05 Å². The van der Waals surface area contributed by atoms with Crippen LogP contribution < -0.4 is 11.2 Å². The fourth-order valence-electron chi connectivity index (χ4n) is 2.68. The Morgan fingerprint density at radius 2 is 1.69 bits per heavy atom. The van der Waals surface area contributed by atoms with E-state index in [1.54, 1.807) is 31.6 Å². The van der Waals surface area contributed by atoms with Crippen LogP contribution in [0, 0.1) is 0 Å². The summed E-state index contributed by atoms with van der Waals surface area (Å²) in [6.07, 6.45) is 3.24. The molecule has 0 radical (unpaired) electrons. The summed E-state index contributed by atoms with van der Waals surface area (Å²) in [6, 6.07) is 12.8. The van der Waals surface area contributed by atoms with E-state index in [2.05, 4.69) is 20.1 Å². The molecular formula is C18H14N6O2. The molecule has 26 heavy (non-hydrogen) atoms. The first-order chi connectivity index (χ1) is 12.6. The van der Waals surface area contributed by atoms with Gasteiger partial charge in [-0.25, -0.2) is 14.5 Å². The summed E-state index contributed by atoms with van der Waals surface area (Å²) in [5.74, 6) is 0.522. The second-order valence-corrected chi connectivity index (χ2v) is 5.74. The van der Waals surface area contributed by atoms with Crippen molar-refractivity contribution in [1.29, 1.82) is 0 Å². The third kappa shape index (κ3) is 2.77. The largest absolute Gasteiger partial charge is 0.352 e. The number of rotatable bonds is 3. The van der Waals surface area contributed by atoms with Gasteiger partial charge in [0.05, 0.1) is 6.54 Å². The lowest BCUT2D eigenvalue weighted by Gasteiger charge is -2.12. The predicted octanol–water partition coefficient (Wildman–Crippen LogP) is 0.947. The number of pyridine rings is 1. The Bertz CT molecular complexity index is 1150. The molecule has 0 amide bonds. The van der Waals surface area contributed by atoms with Crippen LogP contribution in [-0.4, -0.2) is 29.3 Å². The first-order valence-corrected chi connectivity index (χ1v) is 7.94. The Morgan fingerprint density at radius 1 is 0.962 bits per heavy atom. The first kappa shape index (κ1) is 15.8. The molecule has 0 fully saturated rings. The van der Waals surface area contributed by atoms with Gasteiger partial charge in [0.2, 0.25) is 0 Å². The molecule has 4 rings (SSSR count). The summed E-state index contributed by atoms with van der Waals surface area (Å²) in [5.41, 5.74) is 0.544. The number of fused-ring (bicyclic) bond motifs is 1. The summed E-state index contributed by atoms with van der Waals surface area (Å²) >= 11 is 0. The summed E-state index contributed by atoms with van der Waals surface area (Å²) < 4.78 is 2.48. The van der Waals surface area contributed by atoms with Crippen LogP contribution in [0.25, 0.3) is 22.9 Å². The van der Waals surface area contributed by atoms with E-state index in [1.165, 1.54) is 4.68 Å². The second kappa shape index (κ2) is 6.32. The minimum absolute atomic E-state index is 0.102. The van der Waals surface area contributed by atoms with E-state index in [1.807, 2.05) is 30.3 Å². The Balaban J connectivity index is 1.92. The van der Waals surface area contributed by atoms with Gasteiger partial charge >= 0.3 is 5.69 Å². The Hall–Kier alpha value is -3.68. The number of benzene rings is 1. The first-order valence-electron chi connectivity index (χ1n) is 7.94. The van der Waals surface area contributed by atoms with E-state index in [4.69, 9.17) is 0 Å². The highest BCUT2D eigenvalue weighted by Crippen LogP contribution is 2.17. The van der Waals surface area contributed by atoms with E-state index in [9.17, 15) is 9.59 Å². The third-order valence-corrected chi connectivity index (χ3v) is 3.98. The maximum absolute atomic E-state index is 12.9. The Kier molecular flexibility index (Phi) is 3.85. The van der Waals surface area contributed by atoms with Crippen molar-refractivity contribution in [3.63, 3.8) is 0 Å². The van der Waals surface area contributed by atoms with Gasteiger partial charge in [0, 0.05) is 25.0 Å². The minimum atomic E-state index is -0.623. The quantitative estimate of drug-likeness (QED) is 0.548. The van der Waals surface area contributed by atoms with E-state index in [0.29, 0.717) is 5.82 Å². The molecule has 2 aromatic rings. The van der Waals surface area contributed by atoms with Gasteiger partial charge in [-0.15, -0.1) is 0 Å². The number of nitrogens with zero attached hydrogens (tertiary/aromatic N) is 6. The summed E-state index contributed by atoms with van der Waals surface area (Å²) in [6.45, 7) is 0.139. The van der Waals surface area contributed by atoms with Crippen LogP contribution in [0.3, 0.4) is 0 Å². The van der Waals surface area contributed by atoms with Crippen molar-refractivity contribution in [2.75, 3.05) is 0 Å². The maximum Gasteiger partial charge on any atom is 0.352 e. The summed E-state index contributed by atoms with van der Waals surface area (Å²) in [4.78, 5) is 37.6. The van der Waals surface area contributed by atoms with Crippen molar-refractivity contribution < 1.29 is 0 Å². The highest BCUT2D eigenvalue weighted by molar-refractivity contribution is 5.58. The molecule has 0 atom stereocenters. The molecule has 0 aliphatic carbocycles. The highest BCUT2D eigenvalue weighted by Gasteiger charge is 2.20. The Morgan fingerprint density at radius 3 is 2.42 bits per heavy atom. The van der Waals surface area contributed by atoms with Gasteiger partial charge in [-0.2, -0.15) is 10.1 Å². The minimum Gasteiger partial charge on any atom is -0.267 e. The molecule has 0 saturated carbocycles. The predicted molar refractivity (Wildman–Crippen MR) is 94.7 cm³/mol. The number of hydrogen-bond acceptors (Lipinski definition) is 6. The molecule has 1 aromatic heterocycles. The normalized spacial score (nSPS) is 11.0. The standard InChI is InChI=1S/C18H14N6O2/c1-23-16-14(20-15(22-23)13-7-9-19-10-8-13)17(25)24(18(26)21-16)11-12-5-3-2-4-6-12/h2-10H,11H2,1H3. The van der Waals surface area contributed by atoms with Gasteiger partial charge in [0.25, 0.3) is 5.56 Å². The molecule has 0 spiro atoms. The average Bonchev–Trinajstić information content (AvgIpc) is 2.67. The van der Waals surface area contributed by atoms with E-state index in [0.717, 1.165) is 15.7 Å². The fraction of sp³-hybridized carbons (Fsp3) is 0.111. The molecule has 8 heteroatoms. The molecule has 128 valence electrons. The zero-order valence-corrected chi connectivity index (χ0v) is 13.9. The van der Waals surface area contributed by atoms with E-state index >= 15 is 0 Å². The van der Waals surface area contributed by atoms with Crippen LogP contribution in [0.15, 0.2) is 64.4 Å². The molecule has 2 aliphatic heterocycles. The molecule has 0 N–H and O–H groups in total. The topological polar surface area (TPSA) is 95.6 Å². The van der Waals surface area contributed by atoms with Crippen molar-refractivity contribution >= 4 is 0 Å². The zero-order chi connectivity index (χ0) is 18.1. The maximum atomic E-state index is 12.9. The van der Waals surface area contributed by atoms with Gasteiger partial charge in [0.15, 0.2) is 17.3 Å². The van der Waals surface area contributed by atoms with Crippen molar-refractivity contribution in [3.05, 3.63) is 81.3 Å². The lowest BCUT2D eigenvalue weighted by molar-refractivity contribution is 0.652. The summed E-state index contributed by atoms with van der Waals surface area (Å²) in [5, 5.41) is 4.30. The monoisotopic (exact) mass is 346 g/mol. The van der Waals surface area contributed by atoms with Crippen LogP contribution in [0.5, 0.6) is 0 Å². The van der Waals surface area contributed by atoms with Crippen molar-refractivity contribution in [2.45, 2.75) is 6.54 Å². The molecule has 0 saturated heterocycles. The van der Waals surface area contributed by atoms with Gasteiger partial charge in [-0.1, -0.05) is 30.3 Å². The van der Waals surface area contributed by atoms with Crippen LogP contribution >= 0.6 is 0 Å². The van der Waals surface area contributed by atoms with Crippen LogP contribution in [-0.2, 0) is 13.6 Å². The van der Waals surface area contributed by atoms with Crippen molar-refractivity contribution in [1.82, 2.24) is 29.3 Å². The molecule has 1 aromatic carbocycles. The molecule has 0 unspecified atom stereocenters. The lowest BCUT2D eigenvalue weighted by atomic mass is 10.2. The van der Waals surface area contributed by atoms with Crippen molar-refractivity contribution in [3.8, 4) is 22.9 Å². The third-order valence-electron chi connectivity index (χ3n) is 3.98. The number of hydrogen-bond donors (Lipinski definition) is 0. The average molecular weight is 346 g/mol. The van der Waals surface area contributed by atoms with Crippen LogP contribution in [0.4, 0.5) is 0 Å². The second-order valence-electron chi connectivity index (χ2n) is 5.74. The summed E-state index contributed by atoms with van der Waals surface area (Å²) in [7, 11) is 1.63. The van der Waals surface area contributed by atoms with Gasteiger partial charge < -0.3 is 0 Å². The molecule has 0 bridgehead atoms. The van der Waals surface area contributed by atoms with Gasteiger partial charge in [-0.3, -0.25) is 14.3 Å². The Labute approximate surface area is 147 Å². The molecular weight excluding hydrogens is 332 g/mol. The van der Waals surface area contributed by atoms with E-state index < -0.39 is 11.2 Å². The molecule has 2 aliphatic rings. The zero-order valence-electron chi connectivity index (χ0n) is 13.9. The fourth-order valence-corrected chi connectivity index (χ4v) is 2.68. The lowest BCUT2D eigenvalue weighted by Crippen LogP contribution is -2.39. The molecule has 3 heterocycles. The van der Waals surface area contributed by atoms with Gasteiger partial charge in [0.1, 0.15) is 0 Å². The van der Waals surface area contributed by atoms with Crippen LogP contribution in [0.1, 0.15) is 5.56 Å². The van der Waals surface area contributed by atoms with Gasteiger partial charge in [-0.05, 0) is 17.7 Å². The number of aromatic nitrogens is 6. The van der Waals surface area contributed by atoms with Crippen LogP contribution in [0.2, 0.25) is 0 Å². The molecule has 8 nitrogen and oxygen atoms in total. The highest BCUT2D eigenvalue weighted by atomic mass is 16.2. The smallest absolute Gasteiger partial charge is 0.267 e. The SMILES string of the molecule is Cn1nc(-c2ccncc2)nc2c(=O)n(Cc3ccccc3)c(=O)nc1-2.